The molecule has 0 N–H and O–H groups in total. The monoisotopic (exact) mass is 466 g/mol. The summed E-state index contributed by atoms with van der Waals surface area (Å²) in [5.74, 6) is 0. The fourth-order valence-corrected chi connectivity index (χ4v) is 5.98. The molecule has 0 fully saturated rings. The van der Waals surface area contributed by atoms with Crippen LogP contribution < -0.4 is 0 Å². The summed E-state index contributed by atoms with van der Waals surface area (Å²) >= 11 is 0. The first kappa shape index (κ1) is 21.7. The molecule has 0 amide bonds. The summed E-state index contributed by atoms with van der Waals surface area (Å²) in [5.41, 5.74) is -2.60. The molecule has 2 aromatic rings. The van der Waals surface area contributed by atoms with Gasteiger partial charge in [0.05, 0.1) is 11.0 Å². The second-order valence-corrected chi connectivity index (χ2v) is 11.2. The van der Waals surface area contributed by atoms with E-state index in [1.165, 1.54) is 30.3 Å². The number of aromatic nitrogens is 1. The fourth-order valence-electron chi connectivity index (χ4n) is 3.35. The van der Waals surface area contributed by atoms with Gasteiger partial charge in [-0.1, -0.05) is 17.7 Å². The molecule has 0 saturated heterocycles. The van der Waals surface area contributed by atoms with Gasteiger partial charge in [0.2, 0.25) is 0 Å². The number of alkyl halides is 3. The van der Waals surface area contributed by atoms with Crippen molar-refractivity contribution in [1.29, 1.82) is 5.26 Å². The van der Waals surface area contributed by atoms with Gasteiger partial charge in [-0.2, -0.15) is 18.4 Å². The van der Waals surface area contributed by atoms with E-state index >= 15 is 0 Å². The minimum atomic E-state index is -4.93. The van der Waals surface area contributed by atoms with Crippen molar-refractivity contribution in [3.63, 3.8) is 0 Å². The SMILES string of the molecule is Cc1ccc(S(=O)(=O)n2cc(S(=O)(=O)Cl)c3c2C[C@](C#N)(C(F)(F)F)CC3)cc1. The fraction of sp³-hybridized carbons (Fsp3) is 0.353. The Morgan fingerprint density at radius 2 is 1.76 bits per heavy atom. The molecule has 0 bridgehead atoms. The van der Waals surface area contributed by atoms with Gasteiger partial charge in [0, 0.05) is 29.0 Å². The van der Waals surface area contributed by atoms with Gasteiger partial charge in [0.1, 0.15) is 4.90 Å². The maximum Gasteiger partial charge on any atom is 0.407 e. The Balaban J connectivity index is 2.29. The predicted octanol–water partition coefficient (Wildman–Crippen LogP) is 3.52. The predicted molar refractivity (Wildman–Crippen MR) is 97.4 cm³/mol. The highest BCUT2D eigenvalue weighted by Crippen LogP contribution is 2.49. The van der Waals surface area contributed by atoms with Crippen LogP contribution in [0.2, 0.25) is 0 Å². The zero-order chi connectivity index (χ0) is 21.8. The van der Waals surface area contributed by atoms with Gasteiger partial charge in [-0.05, 0) is 37.5 Å². The van der Waals surface area contributed by atoms with Crippen LogP contribution in [0.15, 0.2) is 40.3 Å². The summed E-state index contributed by atoms with van der Waals surface area (Å²) in [7, 11) is -3.46. The van der Waals surface area contributed by atoms with Crippen LogP contribution in [-0.2, 0) is 31.9 Å². The van der Waals surface area contributed by atoms with Gasteiger partial charge in [-0.25, -0.2) is 20.8 Å². The van der Waals surface area contributed by atoms with Crippen molar-refractivity contribution in [1.82, 2.24) is 3.97 Å². The van der Waals surface area contributed by atoms with Crippen LogP contribution >= 0.6 is 10.7 Å². The number of hydrogen-bond acceptors (Lipinski definition) is 5. The van der Waals surface area contributed by atoms with Crippen LogP contribution in [0.5, 0.6) is 0 Å². The summed E-state index contributed by atoms with van der Waals surface area (Å²) < 4.78 is 91.3. The van der Waals surface area contributed by atoms with Crippen molar-refractivity contribution in [3.05, 3.63) is 47.3 Å². The number of benzene rings is 1. The molecule has 0 unspecified atom stereocenters. The number of fused-ring (bicyclic) bond motifs is 1. The highest BCUT2D eigenvalue weighted by Gasteiger charge is 2.58. The molecule has 29 heavy (non-hydrogen) atoms. The van der Waals surface area contributed by atoms with E-state index in [-0.39, 0.29) is 10.5 Å². The summed E-state index contributed by atoms with van der Waals surface area (Å²) in [5, 5.41) is 9.24. The van der Waals surface area contributed by atoms with E-state index in [0.29, 0.717) is 10.2 Å². The molecule has 0 aliphatic heterocycles. The summed E-state index contributed by atoms with van der Waals surface area (Å²) in [6.45, 7) is 1.72. The van der Waals surface area contributed by atoms with Crippen LogP contribution in [0.25, 0.3) is 0 Å². The average molecular weight is 467 g/mol. The Hall–Kier alpha value is -2.03. The molecule has 1 atom stereocenters. The van der Waals surface area contributed by atoms with E-state index in [1.807, 2.05) is 0 Å². The molecule has 1 aromatic heterocycles. The zero-order valence-corrected chi connectivity index (χ0v) is 17.3. The number of aryl methyl sites for hydroxylation is 1. The maximum absolute atomic E-state index is 13.6. The van der Waals surface area contributed by atoms with Gasteiger partial charge >= 0.3 is 6.18 Å². The molecule has 1 aliphatic rings. The molecule has 0 radical (unpaired) electrons. The van der Waals surface area contributed by atoms with Crippen LogP contribution in [-0.4, -0.2) is 27.0 Å². The molecule has 12 heteroatoms. The van der Waals surface area contributed by atoms with Crippen LogP contribution in [0.4, 0.5) is 13.2 Å². The largest absolute Gasteiger partial charge is 0.407 e. The van der Waals surface area contributed by atoms with E-state index in [9.17, 15) is 35.3 Å². The molecule has 0 saturated carbocycles. The molecule has 0 spiro atoms. The molecule has 6 nitrogen and oxygen atoms in total. The summed E-state index contributed by atoms with van der Waals surface area (Å²) in [4.78, 5) is -0.807. The number of halogens is 4. The zero-order valence-electron chi connectivity index (χ0n) is 14.9. The van der Waals surface area contributed by atoms with E-state index in [0.717, 1.165) is 5.56 Å². The first-order chi connectivity index (χ1) is 13.2. The number of nitriles is 1. The molecule has 1 aliphatic carbocycles. The first-order valence-electron chi connectivity index (χ1n) is 8.21. The highest BCUT2D eigenvalue weighted by atomic mass is 35.7. The van der Waals surface area contributed by atoms with Gasteiger partial charge < -0.3 is 0 Å². The van der Waals surface area contributed by atoms with E-state index in [4.69, 9.17) is 10.7 Å². The summed E-state index contributed by atoms with van der Waals surface area (Å²) in [6, 6.07) is 6.77. The van der Waals surface area contributed by atoms with Crippen molar-refractivity contribution < 1.29 is 30.0 Å². The van der Waals surface area contributed by atoms with Crippen molar-refractivity contribution in [2.75, 3.05) is 0 Å². The molecule has 3 rings (SSSR count). The van der Waals surface area contributed by atoms with Crippen LogP contribution in [0.1, 0.15) is 23.2 Å². The third-order valence-corrected chi connectivity index (χ3v) is 8.10. The minimum absolute atomic E-state index is 0.120. The van der Waals surface area contributed by atoms with Crippen molar-refractivity contribution in [3.8, 4) is 6.07 Å². The van der Waals surface area contributed by atoms with E-state index in [2.05, 4.69) is 0 Å². The van der Waals surface area contributed by atoms with Gasteiger partial charge in [0.25, 0.3) is 19.1 Å². The highest BCUT2D eigenvalue weighted by molar-refractivity contribution is 8.13. The Kier molecular flexibility index (Phi) is 5.05. The van der Waals surface area contributed by atoms with Gasteiger partial charge in [-0.3, -0.25) is 0 Å². The Bertz CT molecular complexity index is 1230. The van der Waals surface area contributed by atoms with Gasteiger partial charge in [-0.15, -0.1) is 0 Å². The Morgan fingerprint density at radius 3 is 2.24 bits per heavy atom. The second kappa shape index (κ2) is 6.75. The van der Waals surface area contributed by atoms with Crippen molar-refractivity contribution >= 4 is 29.8 Å². The maximum atomic E-state index is 13.6. The molecular formula is C17H14ClF3N2O4S2. The van der Waals surface area contributed by atoms with Crippen LogP contribution in [0.3, 0.4) is 0 Å². The Morgan fingerprint density at radius 1 is 1.17 bits per heavy atom. The minimum Gasteiger partial charge on any atom is -0.244 e. The molecule has 1 aromatic carbocycles. The Labute approximate surface area is 170 Å². The molecule has 1 heterocycles. The van der Waals surface area contributed by atoms with Crippen LogP contribution in [0, 0.1) is 23.7 Å². The van der Waals surface area contributed by atoms with E-state index < -0.39 is 60.5 Å². The van der Waals surface area contributed by atoms with E-state index in [1.54, 1.807) is 6.92 Å². The number of rotatable bonds is 3. The lowest BCUT2D eigenvalue weighted by atomic mass is 9.74. The molecule has 156 valence electrons. The summed E-state index contributed by atoms with van der Waals surface area (Å²) in [6.07, 6.45) is -6.37. The molecular weight excluding hydrogens is 453 g/mol. The number of hydrogen-bond donors (Lipinski definition) is 0. The lowest BCUT2D eigenvalue weighted by Gasteiger charge is -2.33. The smallest absolute Gasteiger partial charge is 0.244 e. The van der Waals surface area contributed by atoms with Crippen molar-refractivity contribution in [2.45, 2.75) is 42.2 Å². The third-order valence-electron chi connectivity index (χ3n) is 5.01. The van der Waals surface area contributed by atoms with Crippen molar-refractivity contribution in [2.24, 2.45) is 5.41 Å². The third kappa shape index (κ3) is 3.53. The lowest BCUT2D eigenvalue weighted by Crippen LogP contribution is -2.42. The quantitative estimate of drug-likeness (QED) is 0.645. The standard InChI is InChI=1S/C17H14ClF3N2O4S2/c1-11-2-4-12(5-3-11)29(26,27)23-9-15(28(18,24)25)13-6-7-16(10-22,8-14(13)23)17(19,20)21/h2-5,9H,6-8H2,1H3/t16-/m1/s1. The lowest BCUT2D eigenvalue weighted by molar-refractivity contribution is -0.206. The second-order valence-electron chi connectivity index (χ2n) is 6.84. The van der Waals surface area contributed by atoms with Gasteiger partial charge in [0.15, 0.2) is 5.41 Å². The average Bonchev–Trinajstić information content (AvgIpc) is 3.00. The topological polar surface area (TPSA) is 97.0 Å². The first-order valence-corrected chi connectivity index (χ1v) is 12.0. The number of nitrogens with zero attached hydrogens (tertiary/aromatic N) is 2. The normalized spacial score (nSPS) is 20.1.